The summed E-state index contributed by atoms with van der Waals surface area (Å²) in [6.07, 6.45) is 2.55. The van der Waals surface area contributed by atoms with Crippen LogP contribution in [0.15, 0.2) is 5.57 Å². The van der Waals surface area contributed by atoms with Gasteiger partial charge in [0.05, 0.1) is 0 Å². The lowest BCUT2D eigenvalue weighted by atomic mass is 10.1. The molecule has 0 fully saturated rings. The fourth-order valence-corrected chi connectivity index (χ4v) is 1.72. The molecule has 15 heavy (non-hydrogen) atoms. The molecule has 0 spiro atoms. The van der Waals surface area contributed by atoms with Crippen molar-refractivity contribution >= 4 is 6.08 Å². The van der Waals surface area contributed by atoms with Crippen LogP contribution in [0.1, 0.15) is 29.4 Å². The van der Waals surface area contributed by atoms with E-state index < -0.39 is 0 Å². The van der Waals surface area contributed by atoms with Gasteiger partial charge in [-0.1, -0.05) is 6.92 Å². The molecule has 1 aromatic heterocycles. The summed E-state index contributed by atoms with van der Waals surface area (Å²) in [5.74, 6) is 0. The van der Waals surface area contributed by atoms with Crippen LogP contribution in [0.5, 0.6) is 0 Å². The third-order valence-corrected chi connectivity index (χ3v) is 2.51. The van der Waals surface area contributed by atoms with Gasteiger partial charge < -0.3 is 4.98 Å². The molecule has 0 atom stereocenters. The first-order chi connectivity index (χ1) is 7.13. The van der Waals surface area contributed by atoms with E-state index in [4.69, 9.17) is 10.5 Å². The maximum Gasteiger partial charge on any atom is 0.131 e. The molecule has 3 nitrogen and oxygen atoms in total. The number of nitrogens with one attached hydrogen (secondary N) is 1. The SMILES string of the molecule is CCc1c(C)[nH]c(C=C(C#N)C#N)c1C. The number of hydrogen-bond donors (Lipinski definition) is 1. The van der Waals surface area contributed by atoms with Gasteiger partial charge in [0.2, 0.25) is 0 Å². The van der Waals surface area contributed by atoms with Gasteiger partial charge in [-0.3, -0.25) is 0 Å². The van der Waals surface area contributed by atoms with Crippen molar-refractivity contribution in [1.29, 1.82) is 10.5 Å². The Morgan fingerprint density at radius 1 is 1.33 bits per heavy atom. The van der Waals surface area contributed by atoms with Crippen LogP contribution in [0.2, 0.25) is 0 Å². The largest absolute Gasteiger partial charge is 0.359 e. The Balaban J connectivity index is 3.25. The Bertz CT molecular complexity index is 462. The molecule has 0 aliphatic heterocycles. The molecule has 0 saturated heterocycles. The van der Waals surface area contributed by atoms with E-state index in [1.165, 1.54) is 5.56 Å². The monoisotopic (exact) mass is 199 g/mol. The zero-order valence-corrected chi connectivity index (χ0v) is 9.18. The number of aromatic nitrogens is 1. The van der Waals surface area contributed by atoms with Crippen LogP contribution in [-0.4, -0.2) is 4.98 Å². The highest BCUT2D eigenvalue weighted by molar-refractivity contribution is 5.63. The highest BCUT2D eigenvalue weighted by Gasteiger charge is 2.08. The van der Waals surface area contributed by atoms with E-state index in [-0.39, 0.29) is 5.57 Å². The van der Waals surface area contributed by atoms with Crippen LogP contribution in [0, 0.1) is 36.5 Å². The smallest absolute Gasteiger partial charge is 0.131 e. The van der Waals surface area contributed by atoms with Crippen molar-refractivity contribution in [2.24, 2.45) is 0 Å². The summed E-state index contributed by atoms with van der Waals surface area (Å²) in [6.45, 7) is 6.09. The molecule has 1 rings (SSSR count). The number of nitrogens with zero attached hydrogens (tertiary/aromatic N) is 2. The molecule has 0 bridgehead atoms. The summed E-state index contributed by atoms with van der Waals surface area (Å²) >= 11 is 0. The summed E-state index contributed by atoms with van der Waals surface area (Å²) in [5.41, 5.74) is 4.48. The molecule has 1 N–H and O–H groups in total. The van der Waals surface area contributed by atoms with Crippen LogP contribution in [-0.2, 0) is 6.42 Å². The Hall–Kier alpha value is -2.00. The fraction of sp³-hybridized carbons (Fsp3) is 0.333. The molecule has 1 heterocycles. The van der Waals surface area contributed by atoms with Gasteiger partial charge in [0, 0.05) is 11.4 Å². The normalized spacial score (nSPS) is 9.13. The van der Waals surface area contributed by atoms with Crippen LogP contribution < -0.4 is 0 Å². The maximum atomic E-state index is 8.66. The lowest BCUT2D eigenvalue weighted by Crippen LogP contribution is -1.83. The zero-order valence-electron chi connectivity index (χ0n) is 9.18. The first kappa shape index (κ1) is 11.1. The highest BCUT2D eigenvalue weighted by Crippen LogP contribution is 2.20. The van der Waals surface area contributed by atoms with Crippen molar-refractivity contribution in [2.45, 2.75) is 27.2 Å². The van der Waals surface area contributed by atoms with Gasteiger partial charge in [-0.2, -0.15) is 10.5 Å². The number of H-pyrrole nitrogens is 1. The standard InChI is InChI=1S/C12H13N3/c1-4-11-8(2)12(15-9(11)3)5-10(6-13)7-14/h5,15H,4H2,1-3H3. The first-order valence-corrected chi connectivity index (χ1v) is 4.84. The minimum absolute atomic E-state index is 0.127. The van der Waals surface area contributed by atoms with E-state index in [9.17, 15) is 0 Å². The number of rotatable bonds is 2. The third kappa shape index (κ3) is 2.08. The Morgan fingerprint density at radius 3 is 2.33 bits per heavy atom. The Kier molecular flexibility index (Phi) is 3.31. The molecule has 0 aliphatic carbocycles. The molecule has 0 aromatic carbocycles. The number of nitriles is 2. The van der Waals surface area contributed by atoms with Crippen molar-refractivity contribution in [1.82, 2.24) is 4.98 Å². The van der Waals surface area contributed by atoms with Gasteiger partial charge in [0.25, 0.3) is 0 Å². The van der Waals surface area contributed by atoms with Crippen LogP contribution in [0.25, 0.3) is 6.08 Å². The van der Waals surface area contributed by atoms with Gasteiger partial charge in [-0.15, -0.1) is 0 Å². The van der Waals surface area contributed by atoms with Crippen molar-refractivity contribution in [3.63, 3.8) is 0 Å². The van der Waals surface area contributed by atoms with E-state index in [2.05, 4.69) is 11.9 Å². The second kappa shape index (κ2) is 4.48. The number of hydrogen-bond acceptors (Lipinski definition) is 2. The van der Waals surface area contributed by atoms with Crippen LogP contribution >= 0.6 is 0 Å². The fourth-order valence-electron chi connectivity index (χ4n) is 1.72. The van der Waals surface area contributed by atoms with Crippen molar-refractivity contribution in [3.8, 4) is 12.1 Å². The minimum atomic E-state index is 0.127. The number of aryl methyl sites for hydroxylation is 1. The maximum absolute atomic E-state index is 8.66. The second-order valence-corrected chi connectivity index (χ2v) is 3.40. The first-order valence-electron chi connectivity index (χ1n) is 4.84. The number of aromatic amines is 1. The van der Waals surface area contributed by atoms with E-state index in [0.717, 1.165) is 23.4 Å². The molecule has 3 heteroatoms. The molecule has 0 unspecified atom stereocenters. The lowest BCUT2D eigenvalue weighted by molar-refractivity contribution is 1.08. The highest BCUT2D eigenvalue weighted by atomic mass is 14.7. The van der Waals surface area contributed by atoms with Gasteiger partial charge in [0.1, 0.15) is 17.7 Å². The molecular formula is C12H13N3. The van der Waals surface area contributed by atoms with Gasteiger partial charge in [-0.25, -0.2) is 0 Å². The predicted octanol–water partition coefficient (Wildman–Crippen LogP) is 2.62. The summed E-state index contributed by atoms with van der Waals surface area (Å²) < 4.78 is 0. The second-order valence-electron chi connectivity index (χ2n) is 3.40. The summed E-state index contributed by atoms with van der Waals surface area (Å²) in [5, 5.41) is 17.3. The molecule has 0 radical (unpaired) electrons. The van der Waals surface area contributed by atoms with Gasteiger partial charge >= 0.3 is 0 Å². The van der Waals surface area contributed by atoms with Crippen molar-refractivity contribution in [3.05, 3.63) is 28.1 Å². The van der Waals surface area contributed by atoms with E-state index >= 15 is 0 Å². The summed E-state index contributed by atoms with van der Waals surface area (Å²) in [7, 11) is 0. The average molecular weight is 199 g/mol. The predicted molar refractivity (Wildman–Crippen MR) is 58.8 cm³/mol. The zero-order chi connectivity index (χ0) is 11.4. The third-order valence-electron chi connectivity index (χ3n) is 2.51. The van der Waals surface area contributed by atoms with E-state index in [1.807, 2.05) is 26.0 Å². The summed E-state index contributed by atoms with van der Waals surface area (Å²) in [4.78, 5) is 3.18. The molecular weight excluding hydrogens is 186 g/mol. The van der Waals surface area contributed by atoms with E-state index in [1.54, 1.807) is 6.08 Å². The quantitative estimate of drug-likeness (QED) is 0.744. The summed E-state index contributed by atoms with van der Waals surface area (Å²) in [6, 6.07) is 3.71. The lowest BCUT2D eigenvalue weighted by Gasteiger charge is -1.95. The topological polar surface area (TPSA) is 63.4 Å². The molecule has 0 aliphatic rings. The van der Waals surface area contributed by atoms with Gasteiger partial charge in [-0.05, 0) is 37.5 Å². The van der Waals surface area contributed by atoms with Crippen LogP contribution in [0.4, 0.5) is 0 Å². The average Bonchev–Trinajstić information content (AvgIpc) is 2.50. The Labute approximate surface area is 89.7 Å². The Morgan fingerprint density at radius 2 is 1.93 bits per heavy atom. The van der Waals surface area contributed by atoms with Crippen molar-refractivity contribution in [2.75, 3.05) is 0 Å². The van der Waals surface area contributed by atoms with Gasteiger partial charge in [0.15, 0.2) is 0 Å². The van der Waals surface area contributed by atoms with E-state index in [0.29, 0.717) is 0 Å². The minimum Gasteiger partial charge on any atom is -0.359 e. The molecule has 76 valence electrons. The molecule has 0 saturated carbocycles. The van der Waals surface area contributed by atoms with Crippen LogP contribution in [0.3, 0.4) is 0 Å². The van der Waals surface area contributed by atoms with Crippen molar-refractivity contribution < 1.29 is 0 Å². The number of allylic oxidation sites excluding steroid dienone is 1. The molecule has 0 amide bonds. The molecule has 1 aromatic rings.